The fourth-order valence-electron chi connectivity index (χ4n) is 2.29. The van der Waals surface area contributed by atoms with Gasteiger partial charge < -0.3 is 14.5 Å². The molecule has 0 fully saturated rings. The zero-order valence-electron chi connectivity index (χ0n) is 15.2. The molecule has 0 atom stereocenters. The molecule has 1 aromatic carbocycles. The van der Waals surface area contributed by atoms with Crippen molar-refractivity contribution in [1.29, 1.82) is 0 Å². The first-order chi connectivity index (χ1) is 13.9. The maximum Gasteiger partial charge on any atom is 0.350 e. The van der Waals surface area contributed by atoms with Crippen LogP contribution in [0.3, 0.4) is 0 Å². The number of urea groups is 1. The van der Waals surface area contributed by atoms with E-state index in [9.17, 15) is 18.8 Å². The first kappa shape index (κ1) is 20.2. The molecule has 3 aromatic rings. The molecule has 8 nitrogen and oxygen atoms in total. The fraction of sp³-hybridized carbons (Fsp3) is 0.158. The number of nitrogens with one attached hydrogen (secondary N) is 2. The number of nitrogens with zero attached hydrogens (tertiary/aromatic N) is 1. The van der Waals surface area contributed by atoms with Gasteiger partial charge in [-0.1, -0.05) is 0 Å². The van der Waals surface area contributed by atoms with Gasteiger partial charge in [-0.05, 0) is 43.3 Å². The van der Waals surface area contributed by atoms with Gasteiger partial charge in [0.1, 0.15) is 21.5 Å². The fourth-order valence-corrected chi connectivity index (χ4v) is 3.25. The summed E-state index contributed by atoms with van der Waals surface area (Å²) in [6.07, 6.45) is 1.46. The van der Waals surface area contributed by atoms with Crippen molar-refractivity contribution < 1.29 is 27.9 Å². The van der Waals surface area contributed by atoms with Gasteiger partial charge in [0.25, 0.3) is 5.91 Å². The monoisotopic (exact) mass is 417 g/mol. The number of halogens is 1. The molecule has 0 saturated heterocycles. The summed E-state index contributed by atoms with van der Waals surface area (Å²) in [5.74, 6) is -1.37. The molecule has 2 N–H and O–H groups in total. The van der Waals surface area contributed by atoms with E-state index in [-0.39, 0.29) is 17.2 Å². The van der Waals surface area contributed by atoms with Crippen LogP contribution in [0.2, 0.25) is 0 Å². The van der Waals surface area contributed by atoms with Gasteiger partial charge in [-0.25, -0.2) is 19.0 Å². The highest BCUT2D eigenvalue weighted by Crippen LogP contribution is 2.28. The summed E-state index contributed by atoms with van der Waals surface area (Å²) >= 11 is 1.07. The SMILES string of the molecule is Cc1nc(-c2ccc(F)cc2)sc1C(=O)OCC(=O)NC(=O)NCc1ccco1. The quantitative estimate of drug-likeness (QED) is 0.597. The Labute approximate surface area is 168 Å². The van der Waals surface area contributed by atoms with Crippen molar-refractivity contribution in [3.63, 3.8) is 0 Å². The van der Waals surface area contributed by atoms with Gasteiger partial charge in [-0.2, -0.15) is 0 Å². The number of hydrogen-bond acceptors (Lipinski definition) is 7. The van der Waals surface area contributed by atoms with Gasteiger partial charge in [-0.15, -0.1) is 11.3 Å². The Bertz CT molecular complexity index is 1020. The molecule has 0 bridgehead atoms. The summed E-state index contributed by atoms with van der Waals surface area (Å²) in [6.45, 7) is 1.11. The maximum absolute atomic E-state index is 13.0. The van der Waals surface area contributed by atoms with Crippen LogP contribution in [0.15, 0.2) is 47.1 Å². The largest absolute Gasteiger partial charge is 0.467 e. The average molecular weight is 417 g/mol. The van der Waals surface area contributed by atoms with Crippen LogP contribution < -0.4 is 10.6 Å². The number of thiazole rings is 1. The number of benzene rings is 1. The summed E-state index contributed by atoms with van der Waals surface area (Å²) in [7, 11) is 0. The van der Waals surface area contributed by atoms with Gasteiger partial charge in [0.05, 0.1) is 18.5 Å². The number of esters is 1. The number of ether oxygens (including phenoxy) is 1. The smallest absolute Gasteiger partial charge is 0.350 e. The van der Waals surface area contributed by atoms with E-state index in [4.69, 9.17) is 9.15 Å². The van der Waals surface area contributed by atoms with E-state index in [0.29, 0.717) is 22.0 Å². The molecular formula is C19H16FN3O5S. The molecule has 2 heterocycles. The molecule has 0 spiro atoms. The molecule has 150 valence electrons. The standard InChI is InChI=1S/C19H16FN3O5S/c1-11-16(29-17(22-11)12-4-6-13(20)7-5-12)18(25)28-10-15(24)23-19(26)21-9-14-3-2-8-27-14/h2-8H,9-10H2,1H3,(H2,21,23,24,26). The van der Waals surface area contributed by atoms with Crippen LogP contribution in [0, 0.1) is 12.7 Å². The number of furan rings is 1. The van der Waals surface area contributed by atoms with Gasteiger partial charge in [0.2, 0.25) is 0 Å². The van der Waals surface area contributed by atoms with Crippen LogP contribution in [0.4, 0.5) is 9.18 Å². The molecule has 3 amide bonds. The zero-order chi connectivity index (χ0) is 20.8. The van der Waals surface area contributed by atoms with Crippen LogP contribution in [0.25, 0.3) is 10.6 Å². The molecule has 0 aliphatic rings. The Morgan fingerprint density at radius 3 is 2.66 bits per heavy atom. The number of aromatic nitrogens is 1. The Balaban J connectivity index is 1.50. The Kier molecular flexibility index (Phi) is 6.35. The first-order valence-electron chi connectivity index (χ1n) is 8.43. The lowest BCUT2D eigenvalue weighted by Gasteiger charge is -2.06. The van der Waals surface area contributed by atoms with Crippen molar-refractivity contribution in [1.82, 2.24) is 15.6 Å². The number of carbonyl (C=O) groups is 3. The predicted molar refractivity (Wildman–Crippen MR) is 102 cm³/mol. The third-order valence-electron chi connectivity index (χ3n) is 3.66. The van der Waals surface area contributed by atoms with Crippen LogP contribution >= 0.6 is 11.3 Å². The van der Waals surface area contributed by atoms with E-state index in [1.54, 1.807) is 31.2 Å². The van der Waals surface area contributed by atoms with Crippen molar-refractivity contribution in [3.8, 4) is 10.6 Å². The lowest BCUT2D eigenvalue weighted by atomic mass is 10.2. The summed E-state index contributed by atoms with van der Waals surface area (Å²) in [5.41, 5.74) is 1.08. The van der Waals surface area contributed by atoms with Crippen molar-refractivity contribution in [3.05, 3.63) is 64.8 Å². The highest BCUT2D eigenvalue weighted by molar-refractivity contribution is 7.17. The van der Waals surface area contributed by atoms with E-state index < -0.39 is 24.5 Å². The minimum absolute atomic E-state index is 0.109. The molecule has 0 aliphatic carbocycles. The van der Waals surface area contributed by atoms with E-state index in [2.05, 4.69) is 10.3 Å². The molecular weight excluding hydrogens is 401 g/mol. The Morgan fingerprint density at radius 2 is 1.97 bits per heavy atom. The van der Waals surface area contributed by atoms with Crippen LogP contribution in [0.1, 0.15) is 21.1 Å². The second-order valence-electron chi connectivity index (χ2n) is 5.83. The van der Waals surface area contributed by atoms with Crippen molar-refractivity contribution >= 4 is 29.2 Å². The van der Waals surface area contributed by atoms with Crippen molar-refractivity contribution in [2.24, 2.45) is 0 Å². The van der Waals surface area contributed by atoms with Crippen LogP contribution in [0.5, 0.6) is 0 Å². The lowest BCUT2D eigenvalue weighted by Crippen LogP contribution is -2.41. The number of aryl methyl sites for hydroxylation is 1. The second-order valence-corrected chi connectivity index (χ2v) is 6.83. The van der Waals surface area contributed by atoms with Crippen molar-refractivity contribution in [2.75, 3.05) is 6.61 Å². The zero-order valence-corrected chi connectivity index (χ0v) is 16.0. The third-order valence-corrected chi connectivity index (χ3v) is 4.85. The van der Waals surface area contributed by atoms with E-state index in [0.717, 1.165) is 11.3 Å². The maximum atomic E-state index is 13.0. The van der Waals surface area contributed by atoms with Gasteiger partial charge >= 0.3 is 12.0 Å². The number of hydrogen-bond donors (Lipinski definition) is 2. The first-order valence-corrected chi connectivity index (χ1v) is 9.24. The van der Waals surface area contributed by atoms with E-state index in [1.807, 2.05) is 5.32 Å². The molecule has 29 heavy (non-hydrogen) atoms. The van der Waals surface area contributed by atoms with Gasteiger partial charge in [0, 0.05) is 5.56 Å². The second kappa shape index (κ2) is 9.11. The molecule has 0 aliphatic heterocycles. The summed E-state index contributed by atoms with van der Waals surface area (Å²) in [6, 6.07) is 8.30. The minimum Gasteiger partial charge on any atom is -0.467 e. The highest BCUT2D eigenvalue weighted by Gasteiger charge is 2.19. The van der Waals surface area contributed by atoms with Crippen LogP contribution in [-0.4, -0.2) is 29.5 Å². The van der Waals surface area contributed by atoms with Crippen molar-refractivity contribution in [2.45, 2.75) is 13.5 Å². The normalized spacial score (nSPS) is 10.4. The summed E-state index contributed by atoms with van der Waals surface area (Å²) < 4.78 is 23.0. The molecule has 2 aromatic heterocycles. The third kappa shape index (κ3) is 5.48. The predicted octanol–water partition coefficient (Wildman–Crippen LogP) is 3.03. The summed E-state index contributed by atoms with van der Waals surface area (Å²) in [5, 5.41) is 5.00. The number of rotatable bonds is 6. The molecule has 0 unspecified atom stereocenters. The van der Waals surface area contributed by atoms with E-state index in [1.165, 1.54) is 18.4 Å². The topological polar surface area (TPSA) is 111 Å². The van der Waals surface area contributed by atoms with E-state index >= 15 is 0 Å². The minimum atomic E-state index is -0.781. The molecule has 10 heteroatoms. The lowest BCUT2D eigenvalue weighted by molar-refractivity contribution is -0.123. The number of amides is 3. The van der Waals surface area contributed by atoms with Gasteiger partial charge in [-0.3, -0.25) is 10.1 Å². The van der Waals surface area contributed by atoms with Crippen LogP contribution in [-0.2, 0) is 16.1 Å². The number of carbonyl (C=O) groups excluding carboxylic acids is 3. The molecule has 3 rings (SSSR count). The molecule has 0 radical (unpaired) electrons. The average Bonchev–Trinajstić information content (AvgIpc) is 3.35. The number of imide groups is 1. The molecule has 0 saturated carbocycles. The Morgan fingerprint density at radius 1 is 1.21 bits per heavy atom. The summed E-state index contributed by atoms with van der Waals surface area (Å²) in [4.78, 5) is 40.1. The Hall–Kier alpha value is -3.53. The van der Waals surface area contributed by atoms with Gasteiger partial charge in [0.15, 0.2) is 6.61 Å². The highest BCUT2D eigenvalue weighted by atomic mass is 32.1.